The van der Waals surface area contributed by atoms with E-state index in [9.17, 15) is 14.7 Å². The smallest absolute Gasteiger partial charge is 0.326 e. The first-order valence-electron chi connectivity index (χ1n) is 7.44. The van der Waals surface area contributed by atoms with Crippen molar-refractivity contribution in [2.24, 2.45) is 5.92 Å². The van der Waals surface area contributed by atoms with Gasteiger partial charge in [-0.3, -0.25) is 4.79 Å². The highest BCUT2D eigenvalue weighted by atomic mass is 16.4. The number of carboxylic acids is 1. The molecule has 0 spiro atoms. The molecule has 0 radical (unpaired) electrons. The van der Waals surface area contributed by atoms with Gasteiger partial charge in [0.25, 0.3) is 5.56 Å². The highest BCUT2D eigenvalue weighted by Crippen LogP contribution is 2.40. The van der Waals surface area contributed by atoms with Gasteiger partial charge in [-0.2, -0.15) is 0 Å². The molecule has 1 saturated carbocycles. The molecular formula is C14H20N4O3. The molecule has 7 nitrogen and oxygen atoms in total. The van der Waals surface area contributed by atoms with E-state index >= 15 is 0 Å². The van der Waals surface area contributed by atoms with Crippen molar-refractivity contribution >= 4 is 17.5 Å². The van der Waals surface area contributed by atoms with Gasteiger partial charge >= 0.3 is 5.97 Å². The van der Waals surface area contributed by atoms with Crippen molar-refractivity contribution in [3.05, 3.63) is 16.7 Å². The molecule has 1 aromatic heterocycles. The summed E-state index contributed by atoms with van der Waals surface area (Å²) in [5.74, 6) is -0.0851. The van der Waals surface area contributed by atoms with Crippen LogP contribution in [0.5, 0.6) is 0 Å². The van der Waals surface area contributed by atoms with Crippen molar-refractivity contribution in [3.63, 3.8) is 0 Å². The predicted octanol–water partition coefficient (Wildman–Crippen LogP) is 0.964. The van der Waals surface area contributed by atoms with Crippen LogP contribution in [0.25, 0.3) is 0 Å². The lowest BCUT2D eigenvalue weighted by Gasteiger charge is -2.47. The van der Waals surface area contributed by atoms with Crippen LogP contribution in [0, 0.1) is 5.92 Å². The number of nitrogens with two attached hydrogens (primary N) is 1. The Morgan fingerprint density at radius 3 is 2.86 bits per heavy atom. The summed E-state index contributed by atoms with van der Waals surface area (Å²) < 4.78 is 0. The normalized spacial score (nSPS) is 29.0. The van der Waals surface area contributed by atoms with E-state index in [0.29, 0.717) is 18.2 Å². The summed E-state index contributed by atoms with van der Waals surface area (Å²) in [6.45, 7) is 0. The first-order chi connectivity index (χ1) is 10.1. The molecular weight excluding hydrogens is 272 g/mol. The molecule has 1 aliphatic heterocycles. The van der Waals surface area contributed by atoms with Gasteiger partial charge in [0, 0.05) is 6.04 Å². The molecule has 0 amide bonds. The minimum Gasteiger partial charge on any atom is -0.480 e. The van der Waals surface area contributed by atoms with Crippen molar-refractivity contribution < 1.29 is 9.90 Å². The van der Waals surface area contributed by atoms with Crippen LogP contribution in [-0.4, -0.2) is 33.1 Å². The number of H-pyrrole nitrogens is 1. The topological polar surface area (TPSA) is 112 Å². The summed E-state index contributed by atoms with van der Waals surface area (Å²) in [5.41, 5.74) is 5.45. The summed E-state index contributed by atoms with van der Waals surface area (Å²) in [5, 5.41) is 9.52. The fraction of sp³-hybridized carbons (Fsp3) is 0.643. The number of nitrogens with one attached hydrogen (secondary N) is 1. The van der Waals surface area contributed by atoms with Crippen molar-refractivity contribution in [2.75, 3.05) is 10.6 Å². The van der Waals surface area contributed by atoms with Gasteiger partial charge in [0.1, 0.15) is 11.7 Å². The number of aliphatic carboxylic acids is 1. The van der Waals surface area contributed by atoms with Gasteiger partial charge < -0.3 is 20.7 Å². The highest BCUT2D eigenvalue weighted by molar-refractivity contribution is 5.80. The fourth-order valence-corrected chi connectivity index (χ4v) is 3.79. The molecule has 114 valence electrons. The van der Waals surface area contributed by atoms with Crippen LogP contribution >= 0.6 is 0 Å². The summed E-state index contributed by atoms with van der Waals surface area (Å²) >= 11 is 0. The van der Waals surface area contributed by atoms with Crippen LogP contribution in [0.1, 0.15) is 38.5 Å². The number of fused-ring (bicyclic) bond motifs is 1. The minimum absolute atomic E-state index is 0.00923. The number of piperidine rings is 1. The van der Waals surface area contributed by atoms with Crippen molar-refractivity contribution in [1.29, 1.82) is 0 Å². The maximum Gasteiger partial charge on any atom is 0.326 e. The monoisotopic (exact) mass is 292 g/mol. The molecule has 7 heteroatoms. The molecule has 1 aromatic rings. The van der Waals surface area contributed by atoms with Gasteiger partial charge in [-0.05, 0) is 31.6 Å². The first kappa shape index (κ1) is 13.9. The summed E-state index contributed by atoms with van der Waals surface area (Å²) in [7, 11) is 0. The largest absolute Gasteiger partial charge is 0.480 e. The number of carbonyl (C=O) groups is 1. The van der Waals surface area contributed by atoms with Crippen molar-refractivity contribution in [1.82, 2.24) is 9.97 Å². The van der Waals surface area contributed by atoms with E-state index in [4.69, 9.17) is 5.73 Å². The zero-order chi connectivity index (χ0) is 15.0. The Bertz CT molecular complexity index is 600. The van der Waals surface area contributed by atoms with Gasteiger partial charge in [-0.25, -0.2) is 9.78 Å². The average Bonchev–Trinajstić information content (AvgIpc) is 2.49. The molecule has 1 saturated heterocycles. The van der Waals surface area contributed by atoms with Crippen LogP contribution in [0.15, 0.2) is 11.1 Å². The summed E-state index contributed by atoms with van der Waals surface area (Å²) in [4.78, 5) is 31.7. The number of hydrogen-bond acceptors (Lipinski definition) is 5. The number of rotatable bonds is 2. The lowest BCUT2D eigenvalue weighted by Crippen LogP contribution is -2.56. The Hall–Kier alpha value is -2.05. The maximum absolute atomic E-state index is 11.7. The molecule has 4 N–H and O–H groups in total. The molecule has 0 aromatic carbocycles. The minimum atomic E-state index is -0.875. The molecule has 2 fully saturated rings. The second kappa shape index (κ2) is 5.38. The van der Waals surface area contributed by atoms with Crippen LogP contribution < -0.4 is 16.2 Å². The number of anilines is 2. The Morgan fingerprint density at radius 2 is 2.10 bits per heavy atom. The third kappa shape index (κ3) is 2.36. The third-order valence-corrected chi connectivity index (χ3v) is 4.77. The maximum atomic E-state index is 11.7. The number of nitrogens with zero attached hydrogens (tertiary/aromatic N) is 2. The van der Waals surface area contributed by atoms with Crippen molar-refractivity contribution in [2.45, 2.75) is 50.6 Å². The van der Waals surface area contributed by atoms with Crippen LogP contribution in [0.2, 0.25) is 0 Å². The molecule has 0 bridgehead atoms. The average molecular weight is 292 g/mol. The molecule has 2 heterocycles. The molecule has 2 aliphatic rings. The second-order valence-electron chi connectivity index (χ2n) is 5.92. The van der Waals surface area contributed by atoms with Crippen LogP contribution in [0.3, 0.4) is 0 Å². The summed E-state index contributed by atoms with van der Waals surface area (Å²) in [6, 6.07) is -0.536. The van der Waals surface area contributed by atoms with E-state index in [1.165, 1.54) is 12.7 Å². The van der Waals surface area contributed by atoms with Crippen LogP contribution in [0.4, 0.5) is 11.5 Å². The quantitative estimate of drug-likeness (QED) is 0.748. The number of aromatic nitrogens is 2. The van der Waals surface area contributed by atoms with E-state index in [2.05, 4.69) is 9.97 Å². The standard InChI is InChI=1S/C14H20N4O3/c15-11-12(16-7-17-13(11)19)18-9-4-2-1-3-8(9)5-6-10(18)14(20)21/h7-10H,1-6,15H2,(H,20,21)(H,16,17,19). The number of nitrogen functional groups attached to an aromatic ring is 1. The third-order valence-electron chi connectivity index (χ3n) is 4.77. The Morgan fingerprint density at radius 1 is 1.33 bits per heavy atom. The molecule has 21 heavy (non-hydrogen) atoms. The predicted molar refractivity (Wildman–Crippen MR) is 78.2 cm³/mol. The Labute approximate surface area is 122 Å². The van der Waals surface area contributed by atoms with Gasteiger partial charge in [-0.15, -0.1) is 0 Å². The lowest BCUT2D eigenvalue weighted by atomic mass is 9.76. The molecule has 3 atom stereocenters. The zero-order valence-electron chi connectivity index (χ0n) is 11.8. The van der Waals surface area contributed by atoms with E-state index in [0.717, 1.165) is 25.7 Å². The fourth-order valence-electron chi connectivity index (χ4n) is 3.79. The van der Waals surface area contributed by atoms with E-state index in [1.54, 1.807) is 4.90 Å². The number of hydrogen-bond donors (Lipinski definition) is 3. The summed E-state index contributed by atoms with van der Waals surface area (Å²) in [6.07, 6.45) is 7.09. The van der Waals surface area contributed by atoms with Gasteiger partial charge in [0.2, 0.25) is 0 Å². The SMILES string of the molecule is Nc1c(N2C(C(=O)O)CCC3CCCCC32)nc[nH]c1=O. The zero-order valence-corrected chi connectivity index (χ0v) is 11.8. The van der Waals surface area contributed by atoms with Gasteiger partial charge in [-0.1, -0.05) is 12.8 Å². The molecule has 3 rings (SSSR count). The lowest BCUT2D eigenvalue weighted by molar-refractivity contribution is -0.139. The van der Waals surface area contributed by atoms with Gasteiger partial charge in [0.15, 0.2) is 5.82 Å². The van der Waals surface area contributed by atoms with Gasteiger partial charge in [0.05, 0.1) is 6.33 Å². The molecule has 3 unspecified atom stereocenters. The highest BCUT2D eigenvalue weighted by Gasteiger charge is 2.42. The Kier molecular flexibility index (Phi) is 3.57. The Balaban J connectivity index is 2.05. The number of aromatic amines is 1. The molecule has 1 aliphatic carbocycles. The second-order valence-corrected chi connectivity index (χ2v) is 5.92. The van der Waals surface area contributed by atoms with Crippen molar-refractivity contribution in [3.8, 4) is 0 Å². The van der Waals surface area contributed by atoms with E-state index < -0.39 is 17.6 Å². The van der Waals surface area contributed by atoms with Crippen LogP contribution in [-0.2, 0) is 4.79 Å². The first-order valence-corrected chi connectivity index (χ1v) is 7.44. The van der Waals surface area contributed by atoms with E-state index in [1.807, 2.05) is 0 Å². The van der Waals surface area contributed by atoms with E-state index in [-0.39, 0.29) is 11.7 Å². The number of carboxylic acid groups (broad SMARTS) is 1.